The average Bonchev–Trinajstić information content (AvgIpc) is 2.59. The molecule has 1 unspecified atom stereocenters. The SMILES string of the molecule is CC(C)Cn1ncnc1CC(NN)C(F)(F)Cl. The number of halogens is 3. The lowest BCUT2D eigenvalue weighted by molar-refractivity contribution is 0.0490. The highest BCUT2D eigenvalue weighted by molar-refractivity contribution is 6.22. The maximum absolute atomic E-state index is 12.9. The molecule has 5 nitrogen and oxygen atoms in total. The van der Waals surface area contributed by atoms with E-state index < -0.39 is 11.4 Å². The fraction of sp³-hybridized carbons (Fsp3) is 0.778. The minimum atomic E-state index is -3.43. The van der Waals surface area contributed by atoms with E-state index in [1.165, 1.54) is 6.33 Å². The molecule has 0 saturated carbocycles. The molecule has 8 heteroatoms. The fourth-order valence-corrected chi connectivity index (χ4v) is 1.54. The van der Waals surface area contributed by atoms with E-state index in [-0.39, 0.29) is 6.42 Å². The molecule has 1 atom stereocenters. The van der Waals surface area contributed by atoms with E-state index in [2.05, 4.69) is 10.1 Å². The van der Waals surface area contributed by atoms with E-state index in [9.17, 15) is 8.78 Å². The van der Waals surface area contributed by atoms with Crippen molar-refractivity contribution in [2.45, 2.75) is 38.2 Å². The number of nitrogens with one attached hydrogen (secondary N) is 1. The van der Waals surface area contributed by atoms with Crippen LogP contribution in [0.5, 0.6) is 0 Å². The summed E-state index contributed by atoms with van der Waals surface area (Å²) in [6, 6.07) is -1.38. The molecule has 0 aromatic carbocycles. The Kier molecular flexibility index (Phi) is 4.79. The van der Waals surface area contributed by atoms with Gasteiger partial charge in [0.1, 0.15) is 18.2 Å². The third kappa shape index (κ3) is 4.18. The first-order valence-corrected chi connectivity index (χ1v) is 5.62. The van der Waals surface area contributed by atoms with Gasteiger partial charge in [-0.3, -0.25) is 5.84 Å². The van der Waals surface area contributed by atoms with Gasteiger partial charge in [-0.05, 0) is 17.5 Å². The number of hydrogen-bond acceptors (Lipinski definition) is 4. The number of nitrogens with zero attached hydrogens (tertiary/aromatic N) is 3. The molecule has 0 radical (unpaired) electrons. The molecular formula is C9H16ClF2N5. The van der Waals surface area contributed by atoms with Crippen molar-refractivity contribution < 1.29 is 8.78 Å². The molecule has 0 fully saturated rings. The summed E-state index contributed by atoms with van der Waals surface area (Å²) in [6.07, 6.45) is 1.25. The second-order valence-electron chi connectivity index (χ2n) is 4.22. The van der Waals surface area contributed by atoms with E-state index in [0.717, 1.165) is 0 Å². The normalized spacial score (nSPS) is 14.3. The van der Waals surface area contributed by atoms with Gasteiger partial charge in [0.05, 0.1) is 0 Å². The van der Waals surface area contributed by atoms with Gasteiger partial charge in [0.2, 0.25) is 0 Å². The molecule has 0 saturated heterocycles. The lowest BCUT2D eigenvalue weighted by atomic mass is 10.2. The molecule has 98 valence electrons. The molecule has 0 aliphatic carbocycles. The quantitative estimate of drug-likeness (QED) is 0.461. The van der Waals surface area contributed by atoms with Crippen molar-refractivity contribution in [3.63, 3.8) is 0 Å². The van der Waals surface area contributed by atoms with Crippen molar-refractivity contribution in [3.8, 4) is 0 Å². The van der Waals surface area contributed by atoms with Gasteiger partial charge in [-0.25, -0.2) is 15.1 Å². The Morgan fingerprint density at radius 3 is 2.71 bits per heavy atom. The van der Waals surface area contributed by atoms with E-state index in [4.69, 9.17) is 17.4 Å². The summed E-state index contributed by atoms with van der Waals surface area (Å²) < 4.78 is 27.5. The first-order valence-electron chi connectivity index (χ1n) is 5.24. The summed E-state index contributed by atoms with van der Waals surface area (Å²) in [5, 5.41) is 0.548. The molecule has 0 amide bonds. The third-order valence-electron chi connectivity index (χ3n) is 2.22. The number of rotatable bonds is 6. The molecule has 0 bridgehead atoms. The Labute approximate surface area is 103 Å². The standard InChI is InChI=1S/C9H16ClF2N5/c1-6(2)4-17-8(14-5-15-17)3-7(16-13)9(10,11)12/h5-7,16H,3-4,13H2,1-2H3. The lowest BCUT2D eigenvalue weighted by Crippen LogP contribution is -2.47. The van der Waals surface area contributed by atoms with E-state index >= 15 is 0 Å². The van der Waals surface area contributed by atoms with Gasteiger partial charge in [-0.15, -0.1) is 0 Å². The summed E-state index contributed by atoms with van der Waals surface area (Å²) in [7, 11) is 0. The first-order chi connectivity index (χ1) is 7.84. The number of aromatic nitrogens is 3. The lowest BCUT2D eigenvalue weighted by Gasteiger charge is -2.20. The summed E-state index contributed by atoms with van der Waals surface area (Å²) in [4.78, 5) is 3.93. The molecule has 0 spiro atoms. The van der Waals surface area contributed by atoms with Gasteiger partial charge in [-0.2, -0.15) is 13.9 Å². The molecule has 1 aromatic heterocycles. The summed E-state index contributed by atoms with van der Waals surface area (Å²) in [5.41, 5.74) is 2.00. The highest BCUT2D eigenvalue weighted by atomic mass is 35.5. The van der Waals surface area contributed by atoms with Crippen LogP contribution in [0, 0.1) is 5.92 Å². The van der Waals surface area contributed by atoms with Gasteiger partial charge < -0.3 is 0 Å². The molecule has 1 rings (SSSR count). The molecule has 17 heavy (non-hydrogen) atoms. The van der Waals surface area contributed by atoms with E-state index in [1.54, 1.807) is 4.68 Å². The second kappa shape index (κ2) is 5.70. The monoisotopic (exact) mass is 267 g/mol. The zero-order valence-electron chi connectivity index (χ0n) is 9.70. The Morgan fingerprint density at radius 2 is 2.24 bits per heavy atom. The van der Waals surface area contributed by atoms with Crippen LogP contribution in [0.2, 0.25) is 0 Å². The number of nitrogens with two attached hydrogens (primary N) is 1. The van der Waals surface area contributed by atoms with Crippen LogP contribution in [0.3, 0.4) is 0 Å². The van der Waals surface area contributed by atoms with Gasteiger partial charge >= 0.3 is 5.38 Å². The molecule has 0 aliphatic rings. The summed E-state index contributed by atoms with van der Waals surface area (Å²) in [6.45, 7) is 4.61. The minimum Gasteiger partial charge on any atom is -0.271 e. The highest BCUT2D eigenvalue weighted by Gasteiger charge is 2.37. The van der Waals surface area contributed by atoms with Crippen molar-refractivity contribution >= 4 is 11.6 Å². The largest absolute Gasteiger partial charge is 0.338 e. The Bertz CT molecular complexity index is 349. The van der Waals surface area contributed by atoms with E-state index in [1.807, 2.05) is 19.3 Å². The van der Waals surface area contributed by atoms with Crippen LogP contribution in [0.1, 0.15) is 19.7 Å². The predicted molar refractivity (Wildman–Crippen MR) is 60.5 cm³/mol. The molecular weight excluding hydrogens is 252 g/mol. The van der Waals surface area contributed by atoms with Crippen molar-refractivity contribution in [1.29, 1.82) is 0 Å². The van der Waals surface area contributed by atoms with Gasteiger partial charge in [0, 0.05) is 13.0 Å². The minimum absolute atomic E-state index is 0.0836. The molecule has 3 N–H and O–H groups in total. The van der Waals surface area contributed by atoms with Crippen molar-refractivity contribution in [2.24, 2.45) is 11.8 Å². The van der Waals surface area contributed by atoms with Crippen molar-refractivity contribution in [1.82, 2.24) is 20.2 Å². The highest BCUT2D eigenvalue weighted by Crippen LogP contribution is 2.25. The van der Waals surface area contributed by atoms with Crippen molar-refractivity contribution in [2.75, 3.05) is 0 Å². The predicted octanol–water partition coefficient (Wildman–Crippen LogP) is 1.14. The maximum atomic E-state index is 12.9. The molecule has 1 aromatic rings. The number of hydrogen-bond donors (Lipinski definition) is 2. The number of alkyl halides is 3. The van der Waals surface area contributed by atoms with Crippen LogP contribution in [-0.4, -0.2) is 26.2 Å². The topological polar surface area (TPSA) is 68.8 Å². The first kappa shape index (κ1) is 14.3. The van der Waals surface area contributed by atoms with Crippen LogP contribution < -0.4 is 11.3 Å². The Balaban J connectivity index is 2.76. The Hall–Kier alpha value is -0.790. The summed E-state index contributed by atoms with van der Waals surface area (Å²) in [5.74, 6) is 5.83. The van der Waals surface area contributed by atoms with Crippen LogP contribution in [-0.2, 0) is 13.0 Å². The fourth-order valence-electron chi connectivity index (χ4n) is 1.40. The van der Waals surface area contributed by atoms with Gasteiger partial charge in [0.25, 0.3) is 0 Å². The van der Waals surface area contributed by atoms with Gasteiger partial charge in [-0.1, -0.05) is 13.8 Å². The molecule has 0 aliphatic heterocycles. The molecule has 1 heterocycles. The zero-order chi connectivity index (χ0) is 13.1. The van der Waals surface area contributed by atoms with Crippen LogP contribution in [0.25, 0.3) is 0 Å². The zero-order valence-corrected chi connectivity index (χ0v) is 10.5. The Morgan fingerprint density at radius 1 is 1.59 bits per heavy atom. The second-order valence-corrected chi connectivity index (χ2v) is 4.72. The van der Waals surface area contributed by atoms with Crippen LogP contribution in [0.15, 0.2) is 6.33 Å². The van der Waals surface area contributed by atoms with Gasteiger partial charge in [0.15, 0.2) is 0 Å². The third-order valence-corrected chi connectivity index (χ3v) is 2.48. The van der Waals surface area contributed by atoms with Crippen molar-refractivity contribution in [3.05, 3.63) is 12.2 Å². The van der Waals surface area contributed by atoms with Crippen LogP contribution in [0.4, 0.5) is 8.78 Å². The van der Waals surface area contributed by atoms with E-state index in [0.29, 0.717) is 18.3 Å². The van der Waals surface area contributed by atoms with Crippen LogP contribution >= 0.6 is 11.6 Å². The average molecular weight is 268 g/mol. The maximum Gasteiger partial charge on any atom is 0.338 e. The smallest absolute Gasteiger partial charge is 0.271 e. The summed E-state index contributed by atoms with van der Waals surface area (Å²) >= 11 is 4.94. The number of hydrazine groups is 1.